The molecule has 4 heteroatoms. The number of carboxylic acid groups (broad SMARTS) is 1. The van der Waals surface area contributed by atoms with Crippen LogP contribution in [-0.4, -0.2) is 17.2 Å². The SMILES string of the molecule is Cc1ccccc1[C@@H]1CCc2cc(O[C@H]3CC[C@@H](C(=O)O)CC3)ccc2O1. The Balaban J connectivity index is 1.41. The van der Waals surface area contributed by atoms with Crippen LogP contribution in [-0.2, 0) is 11.2 Å². The molecule has 0 aromatic heterocycles. The second-order valence-electron chi connectivity index (χ2n) is 7.70. The van der Waals surface area contributed by atoms with Crippen molar-refractivity contribution in [1.82, 2.24) is 0 Å². The number of carbonyl (C=O) groups is 1. The van der Waals surface area contributed by atoms with Crippen LogP contribution in [0.4, 0.5) is 0 Å². The van der Waals surface area contributed by atoms with Crippen molar-refractivity contribution in [1.29, 1.82) is 0 Å². The monoisotopic (exact) mass is 366 g/mol. The summed E-state index contributed by atoms with van der Waals surface area (Å²) in [4.78, 5) is 11.1. The highest BCUT2D eigenvalue weighted by atomic mass is 16.5. The molecule has 4 nitrogen and oxygen atoms in total. The van der Waals surface area contributed by atoms with Crippen LogP contribution < -0.4 is 9.47 Å². The Hall–Kier alpha value is -2.49. The molecule has 27 heavy (non-hydrogen) atoms. The van der Waals surface area contributed by atoms with E-state index in [0.717, 1.165) is 37.2 Å². The van der Waals surface area contributed by atoms with E-state index < -0.39 is 5.97 Å². The van der Waals surface area contributed by atoms with Gasteiger partial charge in [0.1, 0.15) is 17.6 Å². The van der Waals surface area contributed by atoms with Gasteiger partial charge in [0.2, 0.25) is 0 Å². The van der Waals surface area contributed by atoms with E-state index in [-0.39, 0.29) is 18.1 Å². The van der Waals surface area contributed by atoms with Gasteiger partial charge in [-0.15, -0.1) is 0 Å². The smallest absolute Gasteiger partial charge is 0.306 e. The van der Waals surface area contributed by atoms with Gasteiger partial charge in [-0.05, 0) is 80.3 Å². The molecule has 4 rings (SSSR count). The number of aliphatic carboxylic acids is 1. The van der Waals surface area contributed by atoms with Crippen LogP contribution in [0.15, 0.2) is 42.5 Å². The molecule has 1 aliphatic heterocycles. The minimum atomic E-state index is -0.678. The maximum absolute atomic E-state index is 11.1. The summed E-state index contributed by atoms with van der Waals surface area (Å²) in [6, 6.07) is 14.5. The second kappa shape index (κ2) is 7.63. The van der Waals surface area contributed by atoms with Crippen LogP contribution >= 0.6 is 0 Å². The van der Waals surface area contributed by atoms with Crippen molar-refractivity contribution in [2.45, 2.75) is 57.7 Å². The Labute approximate surface area is 160 Å². The van der Waals surface area contributed by atoms with Crippen LogP contribution in [0.3, 0.4) is 0 Å². The highest BCUT2D eigenvalue weighted by molar-refractivity contribution is 5.70. The van der Waals surface area contributed by atoms with Crippen molar-refractivity contribution in [3.05, 3.63) is 59.2 Å². The summed E-state index contributed by atoms with van der Waals surface area (Å²) in [5.74, 6) is 0.921. The summed E-state index contributed by atoms with van der Waals surface area (Å²) >= 11 is 0. The molecule has 0 unspecified atom stereocenters. The quantitative estimate of drug-likeness (QED) is 0.819. The lowest BCUT2D eigenvalue weighted by Gasteiger charge is -2.29. The molecule has 1 saturated carbocycles. The van der Waals surface area contributed by atoms with E-state index in [1.54, 1.807) is 0 Å². The Morgan fingerprint density at radius 2 is 1.85 bits per heavy atom. The van der Waals surface area contributed by atoms with Gasteiger partial charge in [-0.3, -0.25) is 4.79 Å². The predicted octanol–water partition coefficient (Wildman–Crippen LogP) is 5.08. The fourth-order valence-corrected chi connectivity index (χ4v) is 4.23. The molecule has 1 atom stereocenters. The number of carboxylic acids is 1. The molecule has 1 aliphatic carbocycles. The third-order valence-electron chi connectivity index (χ3n) is 5.84. The van der Waals surface area contributed by atoms with E-state index in [1.165, 1.54) is 16.7 Å². The number of ether oxygens (including phenoxy) is 2. The summed E-state index contributed by atoms with van der Waals surface area (Å²) in [6.07, 6.45) is 5.17. The second-order valence-corrected chi connectivity index (χ2v) is 7.70. The van der Waals surface area contributed by atoms with Gasteiger partial charge in [0.15, 0.2) is 0 Å². The van der Waals surface area contributed by atoms with Crippen LogP contribution in [0.25, 0.3) is 0 Å². The lowest BCUT2D eigenvalue weighted by molar-refractivity contribution is -0.143. The van der Waals surface area contributed by atoms with Crippen molar-refractivity contribution in [2.24, 2.45) is 5.92 Å². The van der Waals surface area contributed by atoms with E-state index >= 15 is 0 Å². The summed E-state index contributed by atoms with van der Waals surface area (Å²) in [5.41, 5.74) is 3.72. The predicted molar refractivity (Wildman–Crippen MR) is 103 cm³/mol. The zero-order valence-corrected chi connectivity index (χ0v) is 15.7. The Bertz CT molecular complexity index is 821. The van der Waals surface area contributed by atoms with Crippen molar-refractivity contribution >= 4 is 5.97 Å². The molecule has 2 aromatic carbocycles. The first-order valence-corrected chi connectivity index (χ1v) is 9.84. The minimum absolute atomic E-state index is 0.108. The summed E-state index contributed by atoms with van der Waals surface area (Å²) in [5, 5.41) is 9.11. The normalized spacial score (nSPS) is 24.6. The maximum atomic E-state index is 11.1. The molecule has 1 fully saturated rings. The van der Waals surface area contributed by atoms with E-state index in [2.05, 4.69) is 37.3 Å². The van der Waals surface area contributed by atoms with Gasteiger partial charge in [0.25, 0.3) is 0 Å². The third-order valence-corrected chi connectivity index (χ3v) is 5.84. The van der Waals surface area contributed by atoms with E-state index in [4.69, 9.17) is 14.6 Å². The molecule has 0 radical (unpaired) electrons. The Kier molecular flexibility index (Phi) is 5.06. The van der Waals surface area contributed by atoms with Gasteiger partial charge in [0, 0.05) is 0 Å². The van der Waals surface area contributed by atoms with E-state index in [0.29, 0.717) is 12.8 Å². The van der Waals surface area contributed by atoms with Gasteiger partial charge in [-0.25, -0.2) is 0 Å². The maximum Gasteiger partial charge on any atom is 0.306 e. The van der Waals surface area contributed by atoms with Gasteiger partial charge in [-0.1, -0.05) is 24.3 Å². The van der Waals surface area contributed by atoms with E-state index in [9.17, 15) is 4.79 Å². The molecule has 2 aromatic rings. The molecular weight excluding hydrogens is 340 g/mol. The summed E-state index contributed by atoms with van der Waals surface area (Å²) in [6.45, 7) is 2.13. The van der Waals surface area contributed by atoms with Crippen molar-refractivity contribution in [3.63, 3.8) is 0 Å². The molecule has 0 bridgehead atoms. The average molecular weight is 366 g/mol. The molecule has 0 spiro atoms. The topological polar surface area (TPSA) is 55.8 Å². The highest BCUT2D eigenvalue weighted by Gasteiger charge is 2.27. The van der Waals surface area contributed by atoms with E-state index in [1.807, 2.05) is 12.1 Å². The molecule has 2 aliphatic rings. The van der Waals surface area contributed by atoms with Gasteiger partial charge < -0.3 is 14.6 Å². The fraction of sp³-hybridized carbons (Fsp3) is 0.435. The Morgan fingerprint density at radius 1 is 1.07 bits per heavy atom. The van der Waals surface area contributed by atoms with Crippen molar-refractivity contribution in [3.8, 4) is 11.5 Å². The van der Waals surface area contributed by atoms with Crippen LogP contribution in [0, 0.1) is 12.8 Å². The molecule has 1 N–H and O–H groups in total. The zero-order chi connectivity index (χ0) is 18.8. The van der Waals surface area contributed by atoms with Crippen molar-refractivity contribution < 1.29 is 19.4 Å². The van der Waals surface area contributed by atoms with Gasteiger partial charge in [0.05, 0.1) is 12.0 Å². The Morgan fingerprint density at radius 3 is 2.59 bits per heavy atom. The minimum Gasteiger partial charge on any atom is -0.490 e. The van der Waals surface area contributed by atoms with Gasteiger partial charge in [-0.2, -0.15) is 0 Å². The summed E-state index contributed by atoms with van der Waals surface area (Å²) < 4.78 is 12.4. The van der Waals surface area contributed by atoms with Crippen molar-refractivity contribution in [2.75, 3.05) is 0 Å². The molecule has 0 amide bonds. The standard InChI is InChI=1S/C23H26O4/c1-15-4-2-3-5-20(15)22-12-8-17-14-19(11-13-21(17)27-22)26-18-9-6-16(7-10-18)23(24)25/h2-5,11,13-14,16,18,22H,6-10,12H2,1H3,(H,24,25)/t16-,18+,22-/m0/s1. The highest BCUT2D eigenvalue weighted by Crippen LogP contribution is 2.38. The number of hydrogen-bond donors (Lipinski definition) is 1. The summed E-state index contributed by atoms with van der Waals surface area (Å²) in [7, 11) is 0. The largest absolute Gasteiger partial charge is 0.490 e. The zero-order valence-electron chi connectivity index (χ0n) is 15.7. The van der Waals surface area contributed by atoms with Gasteiger partial charge >= 0.3 is 5.97 Å². The van der Waals surface area contributed by atoms with Crippen LogP contribution in [0.5, 0.6) is 11.5 Å². The number of aryl methyl sites for hydroxylation is 2. The molecule has 0 saturated heterocycles. The molecular formula is C23H26O4. The molecule has 142 valence electrons. The average Bonchev–Trinajstić information content (AvgIpc) is 2.68. The lowest BCUT2D eigenvalue weighted by Crippen LogP contribution is -2.27. The first-order valence-electron chi connectivity index (χ1n) is 9.84. The number of hydrogen-bond acceptors (Lipinski definition) is 3. The third kappa shape index (κ3) is 3.95. The van der Waals surface area contributed by atoms with Crippen LogP contribution in [0.1, 0.15) is 54.9 Å². The molecule has 1 heterocycles. The first-order chi connectivity index (χ1) is 13.1. The fourth-order valence-electron chi connectivity index (χ4n) is 4.23. The first kappa shape index (κ1) is 17.9. The van der Waals surface area contributed by atoms with Crippen LogP contribution in [0.2, 0.25) is 0 Å². The lowest BCUT2D eigenvalue weighted by atomic mass is 9.87. The number of benzene rings is 2. The number of fused-ring (bicyclic) bond motifs is 1. The number of rotatable bonds is 4.